The highest BCUT2D eigenvalue weighted by molar-refractivity contribution is 9.10. The summed E-state index contributed by atoms with van der Waals surface area (Å²) in [4.78, 5) is 17.9. The number of piperazine rings is 1. The molecule has 4 nitrogen and oxygen atoms in total. The molecule has 1 amide bonds. The zero-order valence-corrected chi connectivity index (χ0v) is 16.6. The minimum atomic E-state index is -0.0541. The third-order valence-electron chi connectivity index (χ3n) is 7.00. The largest absolute Gasteiger partial charge is 0.356 e. The van der Waals surface area contributed by atoms with Crippen LogP contribution in [0.1, 0.15) is 44.9 Å². The second-order valence-electron chi connectivity index (χ2n) is 9.15. The average Bonchev–Trinajstić information content (AvgIpc) is 2.50. The van der Waals surface area contributed by atoms with Crippen LogP contribution in [0.4, 0.5) is 0 Å². The molecule has 5 heteroatoms. The van der Waals surface area contributed by atoms with E-state index >= 15 is 0 Å². The van der Waals surface area contributed by atoms with Gasteiger partial charge in [0.1, 0.15) is 0 Å². The van der Waals surface area contributed by atoms with Crippen LogP contribution in [0, 0.1) is 17.3 Å². The standard InChI is InChI=1S/C19H32BrN3O/c1-22-5-7-23(8-6-22)4-2-3-21-17(24)18-10-15-9-16(11-18)13-19(20,12-15)14-18/h15-16H,2-14H2,1H3,(H,21,24). The lowest BCUT2D eigenvalue weighted by Crippen LogP contribution is -2.58. The predicted molar refractivity (Wildman–Crippen MR) is 100 cm³/mol. The van der Waals surface area contributed by atoms with Crippen LogP contribution in [-0.2, 0) is 4.79 Å². The Labute approximate surface area is 154 Å². The molecule has 0 radical (unpaired) electrons. The van der Waals surface area contributed by atoms with Crippen LogP contribution in [0.2, 0.25) is 0 Å². The first-order valence-corrected chi connectivity index (χ1v) is 10.6. The van der Waals surface area contributed by atoms with Crippen molar-refractivity contribution in [3.63, 3.8) is 0 Å². The molecule has 0 aromatic rings. The lowest BCUT2D eigenvalue weighted by atomic mass is 9.49. The van der Waals surface area contributed by atoms with Crippen LogP contribution in [0.5, 0.6) is 0 Å². The number of nitrogens with zero attached hydrogens (tertiary/aromatic N) is 2. The summed E-state index contributed by atoms with van der Waals surface area (Å²) >= 11 is 4.01. The molecule has 5 rings (SSSR count). The van der Waals surface area contributed by atoms with E-state index in [2.05, 4.69) is 38.1 Å². The van der Waals surface area contributed by atoms with E-state index in [1.165, 1.54) is 45.4 Å². The molecule has 4 bridgehead atoms. The van der Waals surface area contributed by atoms with Crippen molar-refractivity contribution in [1.82, 2.24) is 15.1 Å². The molecule has 0 spiro atoms. The average molecular weight is 398 g/mol. The number of carbonyl (C=O) groups excluding carboxylic acids is 1. The first kappa shape index (κ1) is 17.3. The van der Waals surface area contributed by atoms with Gasteiger partial charge in [0.25, 0.3) is 0 Å². The SMILES string of the molecule is CN1CCN(CCCNC(=O)C23CC4CC(CC(Br)(C4)C2)C3)CC1. The summed E-state index contributed by atoms with van der Waals surface area (Å²) in [6, 6.07) is 0. The molecule has 2 atom stereocenters. The fraction of sp³-hybridized carbons (Fsp3) is 0.947. The quantitative estimate of drug-likeness (QED) is 0.571. The number of nitrogens with one attached hydrogen (secondary N) is 1. The molecule has 4 aliphatic carbocycles. The van der Waals surface area contributed by atoms with E-state index in [-0.39, 0.29) is 9.74 Å². The topological polar surface area (TPSA) is 35.6 Å². The Morgan fingerprint density at radius 2 is 1.79 bits per heavy atom. The smallest absolute Gasteiger partial charge is 0.226 e. The summed E-state index contributed by atoms with van der Waals surface area (Å²) in [6.45, 7) is 6.65. The van der Waals surface area contributed by atoms with E-state index in [4.69, 9.17) is 0 Å². The van der Waals surface area contributed by atoms with E-state index in [9.17, 15) is 4.79 Å². The summed E-state index contributed by atoms with van der Waals surface area (Å²) in [5.41, 5.74) is -0.0541. The Balaban J connectivity index is 1.25. The normalized spacial score (nSPS) is 42.4. The maximum Gasteiger partial charge on any atom is 0.226 e. The summed E-state index contributed by atoms with van der Waals surface area (Å²) in [5, 5.41) is 3.31. The van der Waals surface area contributed by atoms with Crippen LogP contribution in [0.15, 0.2) is 0 Å². The van der Waals surface area contributed by atoms with Gasteiger partial charge < -0.3 is 15.1 Å². The number of amides is 1. The first-order valence-electron chi connectivity index (χ1n) is 9.85. The van der Waals surface area contributed by atoms with Crippen LogP contribution < -0.4 is 5.32 Å². The monoisotopic (exact) mass is 397 g/mol. The Morgan fingerprint density at radius 3 is 2.42 bits per heavy atom. The molecule has 2 unspecified atom stereocenters. The van der Waals surface area contributed by atoms with Gasteiger partial charge in [0.05, 0.1) is 5.41 Å². The van der Waals surface area contributed by atoms with E-state index in [1.807, 2.05) is 0 Å². The third kappa shape index (κ3) is 3.41. The van der Waals surface area contributed by atoms with E-state index in [0.29, 0.717) is 5.91 Å². The van der Waals surface area contributed by atoms with Gasteiger partial charge in [-0.2, -0.15) is 0 Å². The van der Waals surface area contributed by atoms with Crippen molar-refractivity contribution in [1.29, 1.82) is 0 Å². The maximum atomic E-state index is 13.0. The lowest BCUT2D eigenvalue weighted by molar-refractivity contribution is -0.144. The summed E-state index contributed by atoms with van der Waals surface area (Å²) in [7, 11) is 2.19. The zero-order valence-electron chi connectivity index (χ0n) is 15.0. The molecule has 5 fully saturated rings. The molecular weight excluding hydrogens is 366 g/mol. The van der Waals surface area contributed by atoms with Crippen LogP contribution in [0.3, 0.4) is 0 Å². The van der Waals surface area contributed by atoms with Crippen molar-refractivity contribution in [3.05, 3.63) is 0 Å². The number of halogens is 1. The van der Waals surface area contributed by atoms with E-state index in [1.54, 1.807) is 0 Å². The molecule has 1 saturated heterocycles. The zero-order chi connectivity index (χ0) is 16.8. The minimum Gasteiger partial charge on any atom is -0.356 e. The van der Waals surface area contributed by atoms with Crippen LogP contribution >= 0.6 is 15.9 Å². The molecule has 136 valence electrons. The van der Waals surface area contributed by atoms with Crippen LogP contribution in [-0.4, -0.2) is 66.3 Å². The highest BCUT2D eigenvalue weighted by atomic mass is 79.9. The second kappa shape index (κ2) is 6.55. The second-order valence-corrected chi connectivity index (χ2v) is 10.8. The number of hydrogen-bond donors (Lipinski definition) is 1. The fourth-order valence-electron chi connectivity index (χ4n) is 6.18. The highest BCUT2D eigenvalue weighted by Gasteiger charge is 2.59. The Morgan fingerprint density at radius 1 is 1.12 bits per heavy atom. The maximum absolute atomic E-state index is 13.0. The van der Waals surface area contributed by atoms with Crippen LogP contribution in [0.25, 0.3) is 0 Å². The summed E-state index contributed by atoms with van der Waals surface area (Å²) in [6.07, 6.45) is 8.38. The van der Waals surface area contributed by atoms with Gasteiger partial charge in [-0.05, 0) is 70.4 Å². The Kier molecular flexibility index (Phi) is 4.72. The Bertz CT molecular complexity index is 475. The van der Waals surface area contributed by atoms with Crippen molar-refractivity contribution < 1.29 is 4.79 Å². The van der Waals surface area contributed by atoms with Gasteiger partial charge in [-0.15, -0.1) is 0 Å². The number of hydrogen-bond acceptors (Lipinski definition) is 3. The van der Waals surface area contributed by atoms with Gasteiger partial charge in [0.2, 0.25) is 5.91 Å². The number of carbonyl (C=O) groups is 1. The van der Waals surface area contributed by atoms with Crippen molar-refractivity contribution in [2.24, 2.45) is 17.3 Å². The highest BCUT2D eigenvalue weighted by Crippen LogP contribution is 2.64. The molecule has 24 heavy (non-hydrogen) atoms. The molecule has 1 aliphatic heterocycles. The van der Waals surface area contributed by atoms with E-state index < -0.39 is 0 Å². The van der Waals surface area contributed by atoms with Gasteiger partial charge in [-0.25, -0.2) is 0 Å². The summed E-state index contributed by atoms with van der Waals surface area (Å²) < 4.78 is 0.272. The molecule has 1 N–H and O–H groups in total. The molecule has 0 aromatic heterocycles. The fourth-order valence-corrected chi connectivity index (χ4v) is 7.63. The Hall–Kier alpha value is -0.130. The van der Waals surface area contributed by atoms with Crippen molar-refractivity contribution in [2.45, 2.75) is 49.3 Å². The number of alkyl halides is 1. The van der Waals surface area contributed by atoms with Crippen molar-refractivity contribution >= 4 is 21.8 Å². The molecule has 0 aromatic carbocycles. The van der Waals surface area contributed by atoms with Crippen molar-refractivity contribution in [3.8, 4) is 0 Å². The predicted octanol–water partition coefficient (Wildman–Crippen LogP) is 2.47. The van der Waals surface area contributed by atoms with Gasteiger partial charge in [0, 0.05) is 37.0 Å². The minimum absolute atomic E-state index is 0.0541. The van der Waals surface area contributed by atoms with Gasteiger partial charge >= 0.3 is 0 Å². The lowest BCUT2D eigenvalue weighted by Gasteiger charge is -2.59. The molecule has 1 heterocycles. The number of rotatable bonds is 5. The summed E-state index contributed by atoms with van der Waals surface area (Å²) in [5.74, 6) is 1.92. The third-order valence-corrected chi connectivity index (χ3v) is 7.93. The molecule has 4 saturated carbocycles. The first-order chi connectivity index (χ1) is 11.5. The van der Waals surface area contributed by atoms with Gasteiger partial charge in [0.15, 0.2) is 0 Å². The van der Waals surface area contributed by atoms with E-state index in [0.717, 1.165) is 50.6 Å². The van der Waals surface area contributed by atoms with Gasteiger partial charge in [-0.1, -0.05) is 15.9 Å². The van der Waals surface area contributed by atoms with Crippen molar-refractivity contribution in [2.75, 3.05) is 46.3 Å². The molecular formula is C19H32BrN3O. The van der Waals surface area contributed by atoms with Gasteiger partial charge in [-0.3, -0.25) is 4.79 Å². The molecule has 5 aliphatic rings. The number of likely N-dealkylation sites (N-methyl/N-ethyl adjacent to an activating group) is 1.